The van der Waals surface area contributed by atoms with Gasteiger partial charge in [0, 0.05) is 18.9 Å². The minimum absolute atomic E-state index is 0.212. The van der Waals surface area contributed by atoms with Gasteiger partial charge in [0.05, 0.1) is 17.8 Å². The maximum atomic E-state index is 13.5. The van der Waals surface area contributed by atoms with Crippen LogP contribution in [-0.2, 0) is 6.54 Å². The summed E-state index contributed by atoms with van der Waals surface area (Å²) < 4.78 is 26.5. The Morgan fingerprint density at radius 3 is 2.75 bits per heavy atom. The zero-order chi connectivity index (χ0) is 14.7. The lowest BCUT2D eigenvalue weighted by atomic mass is 10.2. The molecule has 0 fully saturated rings. The number of pyridine rings is 2. The Balaban J connectivity index is 2.19. The number of hydrogen-bond acceptors (Lipinski definition) is 3. The Morgan fingerprint density at radius 2 is 2.05 bits per heavy atom. The third-order valence-corrected chi connectivity index (χ3v) is 2.77. The summed E-state index contributed by atoms with van der Waals surface area (Å²) in [6.45, 7) is 2.05. The van der Waals surface area contributed by atoms with Crippen molar-refractivity contribution in [3.63, 3.8) is 0 Å². The molecule has 0 aliphatic rings. The summed E-state index contributed by atoms with van der Waals surface area (Å²) >= 11 is 0. The van der Waals surface area contributed by atoms with Crippen molar-refractivity contribution in [2.24, 2.45) is 0 Å². The molecular formula is C14H13F2N3O. The van der Waals surface area contributed by atoms with Gasteiger partial charge in [-0.05, 0) is 25.1 Å². The predicted molar refractivity (Wildman–Crippen MR) is 68.9 cm³/mol. The van der Waals surface area contributed by atoms with E-state index in [4.69, 9.17) is 0 Å². The molecule has 20 heavy (non-hydrogen) atoms. The number of aryl methyl sites for hydroxylation is 1. The van der Waals surface area contributed by atoms with Gasteiger partial charge in [0.2, 0.25) is 5.95 Å². The number of hydrogen-bond donors (Lipinski definition) is 0. The molecule has 4 nitrogen and oxygen atoms in total. The predicted octanol–water partition coefficient (Wildman–Crippen LogP) is 2.34. The van der Waals surface area contributed by atoms with Crippen LogP contribution < -0.4 is 0 Å². The standard InChI is InChI=1S/C14H13F2N3O/c1-9-4-3-5-10(18-9)8-19(2)14(20)11-6-7-17-13(16)12(11)15/h3-7H,8H2,1-2H3. The number of nitrogens with zero attached hydrogens (tertiary/aromatic N) is 3. The smallest absolute Gasteiger partial charge is 0.257 e. The molecule has 0 atom stereocenters. The second-order valence-electron chi connectivity index (χ2n) is 4.39. The van der Waals surface area contributed by atoms with Crippen molar-refractivity contribution >= 4 is 5.91 Å². The van der Waals surface area contributed by atoms with Gasteiger partial charge in [-0.3, -0.25) is 9.78 Å². The number of carbonyl (C=O) groups excluding carboxylic acids is 1. The van der Waals surface area contributed by atoms with Crippen molar-refractivity contribution in [1.29, 1.82) is 0 Å². The van der Waals surface area contributed by atoms with E-state index in [0.717, 1.165) is 18.0 Å². The Kier molecular flexibility index (Phi) is 4.02. The summed E-state index contributed by atoms with van der Waals surface area (Å²) in [6.07, 6.45) is 1.06. The highest BCUT2D eigenvalue weighted by atomic mass is 19.2. The van der Waals surface area contributed by atoms with E-state index in [2.05, 4.69) is 9.97 Å². The molecule has 0 unspecified atom stereocenters. The Hall–Kier alpha value is -2.37. The van der Waals surface area contributed by atoms with Crippen molar-refractivity contribution in [3.05, 3.63) is 59.2 Å². The van der Waals surface area contributed by atoms with Gasteiger partial charge in [-0.2, -0.15) is 4.39 Å². The highest BCUT2D eigenvalue weighted by molar-refractivity contribution is 5.94. The molecular weight excluding hydrogens is 264 g/mol. The van der Waals surface area contributed by atoms with Crippen molar-refractivity contribution < 1.29 is 13.6 Å². The molecule has 1 amide bonds. The molecule has 2 heterocycles. The Bertz CT molecular complexity index is 646. The zero-order valence-electron chi connectivity index (χ0n) is 11.1. The van der Waals surface area contributed by atoms with Crippen LogP contribution in [0.4, 0.5) is 8.78 Å². The molecule has 0 N–H and O–H groups in total. The summed E-state index contributed by atoms with van der Waals surface area (Å²) in [5, 5.41) is 0. The number of halogens is 2. The summed E-state index contributed by atoms with van der Waals surface area (Å²) in [6, 6.07) is 6.58. The second kappa shape index (κ2) is 5.73. The third kappa shape index (κ3) is 2.96. The SMILES string of the molecule is Cc1cccc(CN(C)C(=O)c2ccnc(F)c2F)n1. The molecule has 0 aliphatic carbocycles. The van der Waals surface area contributed by atoms with Crippen LogP contribution in [-0.4, -0.2) is 27.8 Å². The lowest BCUT2D eigenvalue weighted by Crippen LogP contribution is -2.28. The molecule has 0 radical (unpaired) electrons. The van der Waals surface area contributed by atoms with Crippen LogP contribution >= 0.6 is 0 Å². The largest absolute Gasteiger partial charge is 0.336 e. The highest BCUT2D eigenvalue weighted by Gasteiger charge is 2.19. The minimum atomic E-state index is -1.28. The average molecular weight is 277 g/mol. The first-order chi connectivity index (χ1) is 9.49. The van der Waals surface area contributed by atoms with Crippen LogP contribution in [0.5, 0.6) is 0 Å². The molecule has 0 aliphatic heterocycles. The van der Waals surface area contributed by atoms with Crippen molar-refractivity contribution in [2.45, 2.75) is 13.5 Å². The summed E-state index contributed by atoms with van der Waals surface area (Å²) in [7, 11) is 1.50. The van der Waals surface area contributed by atoms with Gasteiger partial charge in [-0.25, -0.2) is 9.37 Å². The first-order valence-corrected chi connectivity index (χ1v) is 5.97. The molecule has 0 saturated carbocycles. The van der Waals surface area contributed by atoms with Crippen molar-refractivity contribution in [2.75, 3.05) is 7.05 Å². The average Bonchev–Trinajstić information content (AvgIpc) is 2.41. The maximum Gasteiger partial charge on any atom is 0.257 e. The topological polar surface area (TPSA) is 46.1 Å². The lowest BCUT2D eigenvalue weighted by molar-refractivity contribution is 0.0777. The fourth-order valence-corrected chi connectivity index (χ4v) is 1.79. The van der Waals surface area contributed by atoms with Gasteiger partial charge in [0.25, 0.3) is 5.91 Å². The van der Waals surface area contributed by atoms with Gasteiger partial charge in [0.15, 0.2) is 5.82 Å². The molecule has 6 heteroatoms. The first-order valence-electron chi connectivity index (χ1n) is 5.97. The fraction of sp³-hybridized carbons (Fsp3) is 0.214. The normalized spacial score (nSPS) is 10.4. The van der Waals surface area contributed by atoms with E-state index in [0.29, 0.717) is 5.69 Å². The summed E-state index contributed by atoms with van der Waals surface area (Å²) in [5.41, 5.74) is 1.16. The molecule has 0 bridgehead atoms. The van der Waals surface area contributed by atoms with Crippen LogP contribution in [0.3, 0.4) is 0 Å². The molecule has 0 aromatic carbocycles. The van der Waals surface area contributed by atoms with Gasteiger partial charge >= 0.3 is 0 Å². The molecule has 104 valence electrons. The molecule has 0 saturated heterocycles. The number of aromatic nitrogens is 2. The van der Waals surface area contributed by atoms with Gasteiger partial charge in [0.1, 0.15) is 0 Å². The maximum absolute atomic E-state index is 13.5. The molecule has 2 aromatic rings. The van der Waals surface area contributed by atoms with Gasteiger partial charge in [-0.15, -0.1) is 0 Å². The van der Waals surface area contributed by atoms with Gasteiger partial charge < -0.3 is 4.90 Å². The quantitative estimate of drug-likeness (QED) is 0.809. The third-order valence-electron chi connectivity index (χ3n) is 2.77. The monoisotopic (exact) mass is 277 g/mol. The zero-order valence-corrected chi connectivity index (χ0v) is 11.1. The fourth-order valence-electron chi connectivity index (χ4n) is 1.79. The van der Waals surface area contributed by atoms with E-state index < -0.39 is 17.7 Å². The van der Waals surface area contributed by atoms with Gasteiger partial charge in [-0.1, -0.05) is 6.07 Å². The first kappa shape index (κ1) is 14.0. The van der Waals surface area contributed by atoms with Crippen LogP contribution in [0.1, 0.15) is 21.7 Å². The summed E-state index contributed by atoms with van der Waals surface area (Å²) in [4.78, 5) is 20.8. The van der Waals surface area contributed by atoms with E-state index in [9.17, 15) is 13.6 Å². The van der Waals surface area contributed by atoms with E-state index >= 15 is 0 Å². The van der Waals surface area contributed by atoms with Crippen LogP contribution in [0.2, 0.25) is 0 Å². The van der Waals surface area contributed by atoms with Crippen molar-refractivity contribution in [3.8, 4) is 0 Å². The molecule has 2 rings (SSSR count). The Morgan fingerprint density at radius 1 is 1.30 bits per heavy atom. The van der Waals surface area contributed by atoms with E-state index in [-0.39, 0.29) is 12.1 Å². The van der Waals surface area contributed by atoms with E-state index in [1.165, 1.54) is 11.9 Å². The minimum Gasteiger partial charge on any atom is -0.336 e. The van der Waals surface area contributed by atoms with E-state index in [1.807, 2.05) is 19.1 Å². The Labute approximate surface area is 115 Å². The molecule has 0 spiro atoms. The lowest BCUT2D eigenvalue weighted by Gasteiger charge is -2.17. The van der Waals surface area contributed by atoms with Crippen LogP contribution in [0, 0.1) is 18.7 Å². The van der Waals surface area contributed by atoms with Crippen LogP contribution in [0.25, 0.3) is 0 Å². The van der Waals surface area contributed by atoms with Crippen LogP contribution in [0.15, 0.2) is 30.5 Å². The summed E-state index contributed by atoms with van der Waals surface area (Å²) in [5.74, 6) is -3.13. The number of rotatable bonds is 3. The van der Waals surface area contributed by atoms with Crippen molar-refractivity contribution in [1.82, 2.24) is 14.9 Å². The van der Waals surface area contributed by atoms with E-state index in [1.54, 1.807) is 6.07 Å². The molecule has 2 aromatic heterocycles. The number of amides is 1. The highest BCUT2D eigenvalue weighted by Crippen LogP contribution is 2.12. The number of carbonyl (C=O) groups is 1. The second-order valence-corrected chi connectivity index (χ2v) is 4.39.